The molecule has 0 saturated heterocycles. The van der Waals surface area contributed by atoms with Crippen LogP contribution in [0.1, 0.15) is 19.8 Å². The lowest BCUT2D eigenvalue weighted by Crippen LogP contribution is -2.49. The Hall–Kier alpha value is -1.63. The molecule has 112 valence electrons. The van der Waals surface area contributed by atoms with E-state index in [2.05, 4.69) is 10.6 Å². The number of hydrogen-bond donors (Lipinski definition) is 2. The summed E-state index contributed by atoms with van der Waals surface area (Å²) in [5.74, 6) is -1.48. The first-order chi connectivity index (χ1) is 9.34. The molecular formula is C13H20N2O4S. The van der Waals surface area contributed by atoms with Crippen LogP contribution in [-0.4, -0.2) is 44.8 Å². The van der Waals surface area contributed by atoms with Gasteiger partial charge in [-0.1, -0.05) is 18.2 Å². The summed E-state index contributed by atoms with van der Waals surface area (Å²) in [5.41, 5.74) is 0.731. The van der Waals surface area contributed by atoms with E-state index in [4.69, 9.17) is 0 Å². The van der Waals surface area contributed by atoms with E-state index in [-0.39, 0.29) is 5.75 Å². The van der Waals surface area contributed by atoms with Crippen LogP contribution in [0.25, 0.3) is 0 Å². The van der Waals surface area contributed by atoms with Gasteiger partial charge in [-0.25, -0.2) is 8.42 Å². The highest BCUT2D eigenvalue weighted by Gasteiger charge is 2.26. The highest BCUT2D eigenvalue weighted by atomic mass is 32.2. The van der Waals surface area contributed by atoms with Crippen LogP contribution < -0.4 is 10.6 Å². The average molecular weight is 300 g/mol. The molecular weight excluding hydrogens is 280 g/mol. The minimum Gasteiger partial charge on any atom is -0.357 e. The summed E-state index contributed by atoms with van der Waals surface area (Å²) in [6.07, 6.45) is 7.33. The molecule has 0 bridgehead atoms. The van der Waals surface area contributed by atoms with Crippen LogP contribution in [-0.2, 0) is 19.4 Å². The van der Waals surface area contributed by atoms with Crippen molar-refractivity contribution in [3.05, 3.63) is 23.8 Å². The lowest BCUT2D eigenvalue weighted by atomic mass is 10.1. The third-order valence-corrected chi connectivity index (χ3v) is 4.43. The average Bonchev–Trinajstić information content (AvgIpc) is 2.36. The third-order valence-electron chi connectivity index (χ3n) is 2.82. The molecule has 1 unspecified atom stereocenters. The maximum atomic E-state index is 12.1. The van der Waals surface area contributed by atoms with Gasteiger partial charge >= 0.3 is 0 Å². The highest BCUT2D eigenvalue weighted by molar-refractivity contribution is 7.91. The van der Waals surface area contributed by atoms with Gasteiger partial charge in [-0.05, 0) is 18.4 Å². The SMILES string of the molecule is CNC(=O)C(CS(=O)(=O)CC1=CCCC=C1)NC(C)=O. The lowest BCUT2D eigenvalue weighted by molar-refractivity contribution is -0.127. The van der Waals surface area contributed by atoms with Gasteiger partial charge in [-0.15, -0.1) is 0 Å². The predicted molar refractivity (Wildman–Crippen MR) is 76.8 cm³/mol. The molecule has 1 atom stereocenters. The molecule has 0 radical (unpaired) electrons. The Morgan fingerprint density at radius 3 is 2.55 bits per heavy atom. The normalized spacial score (nSPS) is 16.2. The summed E-state index contributed by atoms with van der Waals surface area (Å²) in [5, 5.41) is 4.71. The second kappa shape index (κ2) is 7.23. The molecule has 20 heavy (non-hydrogen) atoms. The Morgan fingerprint density at radius 1 is 1.35 bits per heavy atom. The molecule has 0 spiro atoms. The van der Waals surface area contributed by atoms with E-state index in [1.165, 1.54) is 14.0 Å². The summed E-state index contributed by atoms with van der Waals surface area (Å²) in [6, 6.07) is -1.06. The number of likely N-dealkylation sites (N-methyl/N-ethyl adjacent to an activating group) is 1. The highest BCUT2D eigenvalue weighted by Crippen LogP contribution is 2.12. The first-order valence-electron chi connectivity index (χ1n) is 6.39. The van der Waals surface area contributed by atoms with E-state index in [1.807, 2.05) is 12.2 Å². The van der Waals surface area contributed by atoms with Gasteiger partial charge in [0.25, 0.3) is 0 Å². The molecule has 0 fully saturated rings. The standard InChI is InChI=1S/C13H20N2O4S/c1-10(16)15-12(13(17)14-2)9-20(18,19)8-11-6-4-3-5-7-11/h4,6-7,12H,3,5,8-9H2,1-2H3,(H,14,17)(H,15,16). The first-order valence-corrected chi connectivity index (χ1v) is 8.21. The molecule has 0 saturated carbocycles. The number of rotatable bonds is 6. The monoisotopic (exact) mass is 300 g/mol. The summed E-state index contributed by atoms with van der Waals surface area (Å²) in [7, 11) is -2.08. The minimum absolute atomic E-state index is 0.115. The van der Waals surface area contributed by atoms with E-state index in [1.54, 1.807) is 6.08 Å². The number of sulfone groups is 1. The van der Waals surface area contributed by atoms with Gasteiger partial charge in [0, 0.05) is 14.0 Å². The summed E-state index contributed by atoms with van der Waals surface area (Å²) in [6.45, 7) is 1.25. The molecule has 0 aromatic carbocycles. The van der Waals surface area contributed by atoms with Crippen molar-refractivity contribution in [3.63, 3.8) is 0 Å². The maximum absolute atomic E-state index is 12.1. The fourth-order valence-corrected chi connectivity index (χ4v) is 3.53. The number of hydrogen-bond acceptors (Lipinski definition) is 4. The molecule has 2 N–H and O–H groups in total. The van der Waals surface area contributed by atoms with Crippen LogP contribution in [0, 0.1) is 0 Å². The smallest absolute Gasteiger partial charge is 0.243 e. The Kier molecular flexibility index (Phi) is 5.94. The Morgan fingerprint density at radius 2 is 2.05 bits per heavy atom. The van der Waals surface area contributed by atoms with Crippen molar-refractivity contribution >= 4 is 21.7 Å². The van der Waals surface area contributed by atoms with Crippen molar-refractivity contribution in [3.8, 4) is 0 Å². The second-order valence-electron chi connectivity index (χ2n) is 4.68. The fourth-order valence-electron chi connectivity index (χ4n) is 1.94. The number of carbonyl (C=O) groups is 2. The molecule has 2 amide bonds. The molecule has 0 heterocycles. The number of allylic oxidation sites excluding steroid dienone is 3. The second-order valence-corrected chi connectivity index (χ2v) is 6.79. The van der Waals surface area contributed by atoms with Crippen LogP contribution in [0.3, 0.4) is 0 Å². The van der Waals surface area contributed by atoms with Gasteiger partial charge in [-0.2, -0.15) is 0 Å². The van der Waals surface area contributed by atoms with E-state index in [0.717, 1.165) is 18.4 Å². The van der Waals surface area contributed by atoms with Gasteiger partial charge in [0.1, 0.15) is 6.04 Å². The zero-order valence-electron chi connectivity index (χ0n) is 11.7. The van der Waals surface area contributed by atoms with Crippen molar-refractivity contribution in [2.75, 3.05) is 18.6 Å². The van der Waals surface area contributed by atoms with Gasteiger partial charge in [-0.3, -0.25) is 9.59 Å². The molecule has 1 rings (SSSR count). The predicted octanol–water partition coefficient (Wildman–Crippen LogP) is -0.0717. The summed E-state index contributed by atoms with van der Waals surface area (Å²) < 4.78 is 24.2. The van der Waals surface area contributed by atoms with Crippen LogP contribution in [0.15, 0.2) is 23.8 Å². The molecule has 1 aliphatic rings. The zero-order chi connectivity index (χ0) is 15.2. The molecule has 6 nitrogen and oxygen atoms in total. The third kappa shape index (κ3) is 5.56. The van der Waals surface area contributed by atoms with Crippen LogP contribution >= 0.6 is 0 Å². The van der Waals surface area contributed by atoms with Gasteiger partial charge < -0.3 is 10.6 Å². The van der Waals surface area contributed by atoms with Crippen LogP contribution in [0.5, 0.6) is 0 Å². The molecule has 7 heteroatoms. The number of nitrogens with one attached hydrogen (secondary N) is 2. The zero-order valence-corrected chi connectivity index (χ0v) is 12.5. The summed E-state index contributed by atoms with van der Waals surface area (Å²) >= 11 is 0. The van der Waals surface area contributed by atoms with Gasteiger partial charge in [0.2, 0.25) is 11.8 Å². The molecule has 0 aromatic heterocycles. The van der Waals surface area contributed by atoms with E-state index in [0.29, 0.717) is 0 Å². The van der Waals surface area contributed by atoms with Crippen molar-refractivity contribution < 1.29 is 18.0 Å². The van der Waals surface area contributed by atoms with Crippen LogP contribution in [0.2, 0.25) is 0 Å². The Balaban J connectivity index is 2.74. The molecule has 0 aromatic rings. The molecule has 1 aliphatic carbocycles. The largest absolute Gasteiger partial charge is 0.357 e. The van der Waals surface area contributed by atoms with E-state index >= 15 is 0 Å². The van der Waals surface area contributed by atoms with Gasteiger partial charge in [0.15, 0.2) is 9.84 Å². The topological polar surface area (TPSA) is 92.3 Å². The molecule has 0 aliphatic heterocycles. The van der Waals surface area contributed by atoms with Crippen molar-refractivity contribution in [1.82, 2.24) is 10.6 Å². The van der Waals surface area contributed by atoms with Gasteiger partial charge in [0.05, 0.1) is 11.5 Å². The summed E-state index contributed by atoms with van der Waals surface area (Å²) in [4.78, 5) is 22.6. The number of carbonyl (C=O) groups excluding carboxylic acids is 2. The quantitative estimate of drug-likeness (QED) is 0.718. The van der Waals surface area contributed by atoms with E-state index in [9.17, 15) is 18.0 Å². The maximum Gasteiger partial charge on any atom is 0.243 e. The van der Waals surface area contributed by atoms with Crippen molar-refractivity contribution in [2.24, 2.45) is 0 Å². The van der Waals surface area contributed by atoms with Crippen molar-refractivity contribution in [2.45, 2.75) is 25.8 Å². The minimum atomic E-state index is -3.48. The van der Waals surface area contributed by atoms with Crippen LogP contribution in [0.4, 0.5) is 0 Å². The Bertz CT molecular complexity index is 535. The fraction of sp³-hybridized carbons (Fsp3) is 0.538. The van der Waals surface area contributed by atoms with E-state index < -0.39 is 33.4 Å². The lowest BCUT2D eigenvalue weighted by Gasteiger charge is -2.17. The van der Waals surface area contributed by atoms with Crippen molar-refractivity contribution in [1.29, 1.82) is 0 Å². The first kappa shape index (κ1) is 16.4. The Labute approximate surface area is 119 Å². The number of amides is 2.